The van der Waals surface area contributed by atoms with Crippen molar-refractivity contribution in [1.29, 1.82) is 0 Å². The molecule has 0 bridgehead atoms. The van der Waals surface area contributed by atoms with Gasteiger partial charge >= 0.3 is 12.6 Å². The average Bonchev–Trinajstić information content (AvgIpc) is 3.73. The molecule has 1 fully saturated rings. The van der Waals surface area contributed by atoms with Crippen molar-refractivity contribution in [3.63, 3.8) is 0 Å². The van der Waals surface area contributed by atoms with Crippen molar-refractivity contribution in [3.8, 4) is 11.5 Å². The molecule has 1 aliphatic carbocycles. The van der Waals surface area contributed by atoms with Gasteiger partial charge in [-0.2, -0.15) is 13.5 Å². The van der Waals surface area contributed by atoms with E-state index in [0.29, 0.717) is 33.9 Å². The molecule has 5 rings (SSSR count). The van der Waals surface area contributed by atoms with Crippen LogP contribution < -0.4 is 14.2 Å². The first-order valence-electron chi connectivity index (χ1n) is 12.1. The first kappa shape index (κ1) is 26.9. The molecule has 0 spiro atoms. The minimum atomic E-state index is -3.05. The molecule has 0 radical (unpaired) electrons. The molecule has 11 heteroatoms. The highest BCUT2D eigenvalue weighted by Crippen LogP contribution is 2.38. The lowest BCUT2D eigenvalue weighted by molar-refractivity contribution is -0.605. The quantitative estimate of drug-likeness (QED) is 0.119. The number of rotatable bonds is 10. The van der Waals surface area contributed by atoms with Crippen LogP contribution in [-0.2, 0) is 11.2 Å². The van der Waals surface area contributed by atoms with Crippen LogP contribution in [0.3, 0.4) is 0 Å². The lowest BCUT2D eigenvalue weighted by Crippen LogP contribution is -2.25. The molecule has 1 aliphatic rings. The van der Waals surface area contributed by atoms with Gasteiger partial charge in [-0.15, -0.1) is 0 Å². The first-order valence-corrected chi connectivity index (χ1v) is 12.9. The number of nitrogens with zero attached hydrogens (tertiary/aromatic N) is 2. The summed E-state index contributed by atoms with van der Waals surface area (Å²) in [6, 6.07) is 13.3. The second-order valence-electron chi connectivity index (χ2n) is 9.15. The first-order chi connectivity index (χ1) is 18.8. The van der Waals surface area contributed by atoms with Gasteiger partial charge in [0.25, 0.3) is 0 Å². The molecule has 1 atom stereocenters. The smallest absolute Gasteiger partial charge is 0.387 e. The number of fused-ring (bicyclic) bond motifs is 1. The fraction of sp³-hybridized carbons (Fsp3) is 0.250. The van der Waals surface area contributed by atoms with Crippen molar-refractivity contribution in [2.75, 3.05) is 6.61 Å². The van der Waals surface area contributed by atoms with Crippen LogP contribution in [0.15, 0.2) is 67.1 Å². The van der Waals surface area contributed by atoms with Gasteiger partial charge in [0.15, 0.2) is 23.9 Å². The molecule has 2 heterocycles. The molecule has 1 saturated carbocycles. The van der Waals surface area contributed by atoms with Gasteiger partial charge in [0.2, 0.25) is 0 Å². The van der Waals surface area contributed by atoms with Crippen molar-refractivity contribution in [2.45, 2.75) is 32.0 Å². The van der Waals surface area contributed by atoms with Gasteiger partial charge in [-0.1, -0.05) is 47.5 Å². The van der Waals surface area contributed by atoms with Crippen LogP contribution in [0, 0.1) is 11.1 Å². The Morgan fingerprint density at radius 3 is 2.54 bits per heavy atom. The number of benzene rings is 2. The predicted octanol–water partition coefficient (Wildman–Crippen LogP) is 6.71. The Morgan fingerprint density at radius 2 is 1.82 bits per heavy atom. The maximum Gasteiger partial charge on any atom is 0.387 e. The molecule has 0 aliphatic heterocycles. The standard InChI is InChI=1S/C28H22Cl2F2N2O5/c29-21-13-34(36)14-22(30)20(21)11-25(38-27(35)19-9-17-3-1-2-4-23(17)33-12-19)18-7-8-24(39-28(31)32)26(10-18)37-15-16-5-6-16/h1-4,7-10,12-14,16,25,28H,5-6,11,15H2. The molecular weight excluding hydrogens is 553 g/mol. The highest BCUT2D eigenvalue weighted by atomic mass is 35.5. The fourth-order valence-corrected chi connectivity index (χ4v) is 4.64. The Balaban J connectivity index is 1.50. The third-order valence-corrected chi connectivity index (χ3v) is 6.90. The third-order valence-electron chi connectivity index (χ3n) is 6.25. The molecule has 0 N–H and O–H groups in total. The highest BCUT2D eigenvalue weighted by molar-refractivity contribution is 6.35. The number of ether oxygens (including phenoxy) is 3. The number of carbonyl (C=O) groups is 1. The maximum atomic E-state index is 13.3. The van der Waals surface area contributed by atoms with Crippen LogP contribution >= 0.6 is 23.2 Å². The largest absolute Gasteiger partial charge is 0.619 e. The molecule has 4 aromatic rings. The van der Waals surface area contributed by atoms with E-state index in [4.69, 9.17) is 32.7 Å². The lowest BCUT2D eigenvalue weighted by atomic mass is 10.0. The summed E-state index contributed by atoms with van der Waals surface area (Å²) >= 11 is 12.6. The van der Waals surface area contributed by atoms with Crippen LogP contribution in [0.2, 0.25) is 10.0 Å². The number of esters is 1. The second kappa shape index (κ2) is 11.6. The predicted molar refractivity (Wildman–Crippen MR) is 140 cm³/mol. The van der Waals surface area contributed by atoms with E-state index in [-0.39, 0.29) is 33.5 Å². The number of pyridine rings is 2. The minimum absolute atomic E-state index is 0.0115. The summed E-state index contributed by atoms with van der Waals surface area (Å²) in [5.41, 5.74) is 1.72. The van der Waals surface area contributed by atoms with Gasteiger partial charge in [0.1, 0.15) is 16.1 Å². The van der Waals surface area contributed by atoms with Crippen molar-refractivity contribution in [1.82, 2.24) is 4.98 Å². The number of carbonyl (C=O) groups excluding carboxylic acids is 1. The molecular formula is C28H22Cl2F2N2O5. The van der Waals surface area contributed by atoms with E-state index in [2.05, 4.69) is 9.72 Å². The molecule has 0 saturated heterocycles. The number of alkyl halides is 2. The van der Waals surface area contributed by atoms with Crippen molar-refractivity contribution >= 4 is 40.1 Å². The Hall–Kier alpha value is -3.69. The highest BCUT2D eigenvalue weighted by Gasteiger charge is 2.27. The molecule has 7 nitrogen and oxygen atoms in total. The van der Waals surface area contributed by atoms with Gasteiger partial charge in [-0.3, -0.25) is 4.98 Å². The number of para-hydroxylation sites is 1. The lowest BCUT2D eigenvalue weighted by Gasteiger charge is -2.21. The van der Waals surface area contributed by atoms with E-state index < -0.39 is 18.7 Å². The summed E-state index contributed by atoms with van der Waals surface area (Å²) in [5, 5.41) is 12.7. The molecule has 2 aromatic heterocycles. The van der Waals surface area contributed by atoms with Crippen LogP contribution in [0.25, 0.3) is 10.9 Å². The topological polar surface area (TPSA) is 84.6 Å². The molecule has 1 unspecified atom stereocenters. The van der Waals surface area contributed by atoms with Crippen molar-refractivity contribution < 1.29 is 32.5 Å². The van der Waals surface area contributed by atoms with Crippen LogP contribution in [0.5, 0.6) is 11.5 Å². The number of halogens is 4. The van der Waals surface area contributed by atoms with E-state index >= 15 is 0 Å². The Morgan fingerprint density at radius 1 is 1.08 bits per heavy atom. The van der Waals surface area contributed by atoms with E-state index in [1.165, 1.54) is 24.4 Å². The zero-order valence-electron chi connectivity index (χ0n) is 20.4. The minimum Gasteiger partial charge on any atom is -0.619 e. The fourth-order valence-electron chi connectivity index (χ4n) is 4.04. The number of hydrogen-bond acceptors (Lipinski definition) is 6. The van der Waals surface area contributed by atoms with Crippen LogP contribution in [-0.4, -0.2) is 24.2 Å². The second-order valence-corrected chi connectivity index (χ2v) is 9.96. The van der Waals surface area contributed by atoms with Crippen molar-refractivity contribution in [2.24, 2.45) is 5.92 Å². The van der Waals surface area contributed by atoms with Gasteiger partial charge in [0, 0.05) is 23.6 Å². The third kappa shape index (κ3) is 6.66. The maximum absolute atomic E-state index is 13.3. The van der Waals surface area contributed by atoms with Gasteiger partial charge < -0.3 is 19.4 Å². The molecule has 39 heavy (non-hydrogen) atoms. The molecule has 202 valence electrons. The summed E-state index contributed by atoms with van der Waals surface area (Å²) in [6.45, 7) is -2.70. The zero-order chi connectivity index (χ0) is 27.5. The average molecular weight is 575 g/mol. The van der Waals surface area contributed by atoms with E-state index in [1.807, 2.05) is 24.3 Å². The number of hydrogen-bond donors (Lipinski definition) is 0. The molecule has 0 amide bonds. The number of aromatic nitrogens is 2. The van der Waals surface area contributed by atoms with Gasteiger partial charge in [-0.25, -0.2) is 4.79 Å². The Bertz CT molecular complexity index is 1490. The zero-order valence-corrected chi connectivity index (χ0v) is 21.9. The summed E-state index contributed by atoms with van der Waals surface area (Å²) < 4.78 is 42.9. The molecule has 2 aromatic carbocycles. The van der Waals surface area contributed by atoms with E-state index in [0.717, 1.165) is 30.6 Å². The van der Waals surface area contributed by atoms with Gasteiger partial charge in [-0.05, 0) is 48.6 Å². The Kier molecular flexibility index (Phi) is 7.99. The van der Waals surface area contributed by atoms with Crippen LogP contribution in [0.4, 0.5) is 8.78 Å². The Labute approximate surface area is 232 Å². The SMILES string of the molecule is O=C(OC(Cc1c(Cl)c[n+]([O-])cc1Cl)c1ccc(OC(F)F)c(OCC2CC2)c1)c1cnc2ccccc2c1. The summed E-state index contributed by atoms with van der Waals surface area (Å²) in [6.07, 6.45) is 4.68. The van der Waals surface area contributed by atoms with E-state index in [1.54, 1.807) is 6.07 Å². The van der Waals surface area contributed by atoms with Gasteiger partial charge in [0.05, 0.1) is 17.7 Å². The monoisotopic (exact) mass is 574 g/mol. The summed E-state index contributed by atoms with van der Waals surface area (Å²) in [7, 11) is 0. The summed E-state index contributed by atoms with van der Waals surface area (Å²) in [5.74, 6) is -0.367. The summed E-state index contributed by atoms with van der Waals surface area (Å²) in [4.78, 5) is 17.6. The van der Waals surface area contributed by atoms with Crippen LogP contribution in [0.1, 0.15) is 40.4 Å². The van der Waals surface area contributed by atoms with E-state index in [9.17, 15) is 18.8 Å². The normalized spacial score (nSPS) is 13.9. The van der Waals surface area contributed by atoms with Crippen molar-refractivity contribution in [3.05, 3.63) is 99.1 Å².